The van der Waals surface area contributed by atoms with Gasteiger partial charge in [0.25, 0.3) is 0 Å². The summed E-state index contributed by atoms with van der Waals surface area (Å²) in [6, 6.07) is 5.74. The quantitative estimate of drug-likeness (QED) is 0.466. The van der Waals surface area contributed by atoms with Crippen LogP contribution >= 0.6 is 34.2 Å². The molecule has 0 saturated heterocycles. The first-order valence-electron chi connectivity index (χ1n) is 5.93. The Bertz CT molecular complexity index is 557. The number of hydrogen-bond acceptors (Lipinski definition) is 4. The van der Waals surface area contributed by atoms with E-state index in [1.54, 1.807) is 6.33 Å². The molecule has 1 unspecified atom stereocenters. The lowest BCUT2D eigenvalue weighted by molar-refractivity contribution is 0.509. The van der Waals surface area contributed by atoms with Crippen LogP contribution in [0.4, 0.5) is 0 Å². The molecule has 0 amide bonds. The summed E-state index contributed by atoms with van der Waals surface area (Å²) in [5.41, 5.74) is 3.90. The first-order chi connectivity index (χ1) is 9.15. The second-order valence-electron chi connectivity index (χ2n) is 4.08. The zero-order chi connectivity index (χ0) is 13.8. The largest absolute Gasteiger partial charge is 0.271 e. The molecular weight excluding hydrogens is 377 g/mol. The van der Waals surface area contributed by atoms with Crippen molar-refractivity contribution < 1.29 is 0 Å². The number of halogens is 2. The van der Waals surface area contributed by atoms with E-state index in [4.69, 9.17) is 17.4 Å². The van der Waals surface area contributed by atoms with Crippen LogP contribution in [0.15, 0.2) is 24.5 Å². The Labute approximate surface area is 130 Å². The molecule has 0 aliphatic rings. The molecule has 2 rings (SSSR count). The normalized spacial score (nSPS) is 12.6. The fourth-order valence-corrected chi connectivity index (χ4v) is 2.83. The maximum Gasteiger partial charge on any atom is 0.138 e. The second-order valence-corrected chi connectivity index (χ2v) is 5.68. The van der Waals surface area contributed by atoms with Crippen molar-refractivity contribution in [1.82, 2.24) is 20.2 Å². The van der Waals surface area contributed by atoms with E-state index >= 15 is 0 Å². The topological polar surface area (TPSA) is 68.8 Å². The van der Waals surface area contributed by atoms with Gasteiger partial charge in [0.1, 0.15) is 12.2 Å². The Kier molecular flexibility index (Phi) is 5.14. The summed E-state index contributed by atoms with van der Waals surface area (Å²) in [5, 5.41) is 4.87. The van der Waals surface area contributed by atoms with Crippen LogP contribution < -0.4 is 11.3 Å². The smallest absolute Gasteiger partial charge is 0.138 e. The van der Waals surface area contributed by atoms with Gasteiger partial charge in [-0.3, -0.25) is 16.0 Å². The van der Waals surface area contributed by atoms with Gasteiger partial charge >= 0.3 is 0 Å². The average molecular weight is 392 g/mol. The molecule has 102 valence electrons. The molecule has 0 aliphatic carbocycles. The minimum atomic E-state index is -0.0416. The SMILES string of the molecule is CCn1ncnc1CC(NN)c1cc(Cl)ccc1I. The fraction of sp³-hybridized carbons (Fsp3) is 0.333. The van der Waals surface area contributed by atoms with Crippen LogP contribution in [-0.2, 0) is 13.0 Å². The van der Waals surface area contributed by atoms with Crippen molar-refractivity contribution in [3.05, 3.63) is 44.5 Å². The lowest BCUT2D eigenvalue weighted by Gasteiger charge is -2.18. The first-order valence-corrected chi connectivity index (χ1v) is 7.39. The fourth-order valence-electron chi connectivity index (χ4n) is 1.93. The zero-order valence-corrected chi connectivity index (χ0v) is 13.4. The van der Waals surface area contributed by atoms with Crippen molar-refractivity contribution >= 4 is 34.2 Å². The van der Waals surface area contributed by atoms with Crippen molar-refractivity contribution in [2.24, 2.45) is 5.84 Å². The van der Waals surface area contributed by atoms with Gasteiger partial charge in [-0.25, -0.2) is 4.98 Å². The van der Waals surface area contributed by atoms with Crippen molar-refractivity contribution in [2.75, 3.05) is 0 Å². The van der Waals surface area contributed by atoms with E-state index in [0.29, 0.717) is 11.4 Å². The highest BCUT2D eigenvalue weighted by Gasteiger charge is 2.17. The molecule has 0 radical (unpaired) electrons. The van der Waals surface area contributed by atoms with Crippen molar-refractivity contribution in [3.8, 4) is 0 Å². The summed E-state index contributed by atoms with van der Waals surface area (Å²) in [6.07, 6.45) is 2.23. The van der Waals surface area contributed by atoms with Gasteiger partial charge in [-0.15, -0.1) is 0 Å². The van der Waals surface area contributed by atoms with Gasteiger partial charge in [0.05, 0.1) is 6.04 Å². The number of aromatic nitrogens is 3. The van der Waals surface area contributed by atoms with Gasteiger partial charge in [-0.1, -0.05) is 11.6 Å². The van der Waals surface area contributed by atoms with Crippen molar-refractivity contribution in [3.63, 3.8) is 0 Å². The average Bonchev–Trinajstić information content (AvgIpc) is 2.86. The van der Waals surface area contributed by atoms with Crippen molar-refractivity contribution in [1.29, 1.82) is 0 Å². The Hall–Kier alpha value is -0.700. The molecule has 7 heteroatoms. The van der Waals surface area contributed by atoms with Gasteiger partial charge in [-0.05, 0) is 53.3 Å². The second kappa shape index (κ2) is 6.65. The summed E-state index contributed by atoms with van der Waals surface area (Å²) in [6.45, 7) is 2.82. The molecule has 5 nitrogen and oxygen atoms in total. The summed E-state index contributed by atoms with van der Waals surface area (Å²) in [4.78, 5) is 4.27. The Balaban J connectivity index is 2.27. The van der Waals surface area contributed by atoms with Gasteiger partial charge in [0.2, 0.25) is 0 Å². The van der Waals surface area contributed by atoms with Gasteiger partial charge in [-0.2, -0.15) is 5.10 Å². The van der Waals surface area contributed by atoms with Crippen LogP contribution in [0.5, 0.6) is 0 Å². The number of benzene rings is 1. The molecule has 3 N–H and O–H groups in total. The first kappa shape index (κ1) is 14.7. The van der Waals surface area contributed by atoms with Crippen LogP contribution in [0.3, 0.4) is 0 Å². The number of hydrazine groups is 1. The molecule has 1 aromatic heterocycles. The van der Waals surface area contributed by atoms with E-state index in [-0.39, 0.29) is 6.04 Å². The van der Waals surface area contributed by atoms with E-state index in [1.165, 1.54) is 0 Å². The zero-order valence-electron chi connectivity index (χ0n) is 10.5. The molecular formula is C12H15ClIN5. The van der Waals surface area contributed by atoms with E-state index in [9.17, 15) is 0 Å². The molecule has 1 atom stereocenters. The predicted octanol–water partition coefficient (Wildman–Crippen LogP) is 2.30. The molecule has 0 fully saturated rings. The van der Waals surface area contributed by atoms with Crippen molar-refractivity contribution in [2.45, 2.75) is 25.9 Å². The van der Waals surface area contributed by atoms with Crippen LogP contribution in [-0.4, -0.2) is 14.8 Å². The minimum absolute atomic E-state index is 0.0416. The van der Waals surface area contributed by atoms with E-state index in [1.807, 2.05) is 29.8 Å². The van der Waals surface area contributed by atoms with Gasteiger partial charge in [0.15, 0.2) is 0 Å². The highest BCUT2D eigenvalue weighted by molar-refractivity contribution is 14.1. The number of hydrogen-bond donors (Lipinski definition) is 2. The summed E-state index contributed by atoms with van der Waals surface area (Å²) in [5.74, 6) is 6.58. The lowest BCUT2D eigenvalue weighted by Crippen LogP contribution is -2.31. The molecule has 0 spiro atoms. The Morgan fingerprint density at radius 1 is 1.53 bits per heavy atom. The standard InChI is InChI=1S/C12H15ClIN5/c1-2-19-12(16-7-17-19)6-11(18-15)9-5-8(13)3-4-10(9)14/h3-5,7,11,18H,2,6,15H2,1H3. The van der Waals surface area contributed by atoms with Crippen LogP contribution in [0.1, 0.15) is 24.4 Å². The number of nitrogens with one attached hydrogen (secondary N) is 1. The minimum Gasteiger partial charge on any atom is -0.271 e. The number of nitrogens with zero attached hydrogens (tertiary/aromatic N) is 3. The van der Waals surface area contributed by atoms with Crippen LogP contribution in [0.25, 0.3) is 0 Å². The monoisotopic (exact) mass is 391 g/mol. The molecule has 0 bridgehead atoms. The van der Waals surface area contributed by atoms with Gasteiger partial charge < -0.3 is 0 Å². The predicted molar refractivity (Wildman–Crippen MR) is 83.6 cm³/mol. The molecule has 0 saturated carbocycles. The number of nitrogens with two attached hydrogens (primary N) is 1. The summed E-state index contributed by atoms with van der Waals surface area (Å²) < 4.78 is 2.98. The maximum absolute atomic E-state index is 6.05. The molecule has 2 aromatic rings. The van der Waals surface area contributed by atoms with E-state index in [0.717, 1.165) is 21.5 Å². The third-order valence-corrected chi connectivity index (χ3v) is 4.13. The highest BCUT2D eigenvalue weighted by Crippen LogP contribution is 2.25. The van der Waals surface area contributed by atoms with Gasteiger partial charge in [0, 0.05) is 21.6 Å². The number of aryl methyl sites for hydroxylation is 1. The Morgan fingerprint density at radius 3 is 3.00 bits per heavy atom. The molecule has 1 heterocycles. The van der Waals surface area contributed by atoms with Crippen LogP contribution in [0, 0.1) is 3.57 Å². The summed E-state index contributed by atoms with van der Waals surface area (Å²) in [7, 11) is 0. The van der Waals surface area contributed by atoms with E-state index < -0.39 is 0 Å². The highest BCUT2D eigenvalue weighted by atomic mass is 127. The Morgan fingerprint density at radius 2 is 2.32 bits per heavy atom. The molecule has 1 aromatic carbocycles. The molecule has 0 aliphatic heterocycles. The maximum atomic E-state index is 6.05. The number of rotatable bonds is 5. The van der Waals surface area contributed by atoms with Crippen LogP contribution in [0.2, 0.25) is 5.02 Å². The van der Waals surface area contributed by atoms with E-state index in [2.05, 4.69) is 38.1 Å². The molecule has 19 heavy (non-hydrogen) atoms. The third-order valence-electron chi connectivity index (χ3n) is 2.92. The summed E-state index contributed by atoms with van der Waals surface area (Å²) >= 11 is 8.33. The third kappa shape index (κ3) is 3.44. The lowest BCUT2D eigenvalue weighted by atomic mass is 10.0.